The van der Waals surface area contributed by atoms with Crippen molar-refractivity contribution in [2.24, 2.45) is 0 Å². The topological polar surface area (TPSA) is 65.1 Å². The summed E-state index contributed by atoms with van der Waals surface area (Å²) in [6.07, 6.45) is 2.79. The summed E-state index contributed by atoms with van der Waals surface area (Å²) < 4.78 is 16.7. The van der Waals surface area contributed by atoms with Crippen LogP contribution in [0.15, 0.2) is 53.4 Å². The molecule has 1 fully saturated rings. The molecule has 1 unspecified atom stereocenters. The molecule has 1 aliphatic rings. The van der Waals surface area contributed by atoms with Gasteiger partial charge in [-0.1, -0.05) is 31.2 Å². The van der Waals surface area contributed by atoms with E-state index >= 15 is 0 Å². The molecule has 2 amide bonds. The number of thioether (sulfide) groups is 1. The molecule has 30 heavy (non-hydrogen) atoms. The minimum Gasteiger partial charge on any atom is -0.493 e. The summed E-state index contributed by atoms with van der Waals surface area (Å²) >= 11 is 0.936. The Labute approximate surface area is 180 Å². The largest absolute Gasteiger partial charge is 0.493 e. The van der Waals surface area contributed by atoms with Gasteiger partial charge in [0.25, 0.3) is 11.1 Å². The summed E-state index contributed by atoms with van der Waals surface area (Å²) in [4.78, 5) is 26.5. The van der Waals surface area contributed by atoms with Crippen LogP contribution in [-0.4, -0.2) is 42.4 Å². The van der Waals surface area contributed by atoms with Crippen molar-refractivity contribution in [2.45, 2.75) is 26.4 Å². The quantitative estimate of drug-likeness (QED) is 0.526. The van der Waals surface area contributed by atoms with Crippen molar-refractivity contribution >= 4 is 29.0 Å². The normalized spacial score (nSPS) is 16.1. The predicted molar refractivity (Wildman–Crippen MR) is 118 cm³/mol. The number of rotatable bonds is 9. The van der Waals surface area contributed by atoms with E-state index in [1.54, 1.807) is 25.3 Å². The van der Waals surface area contributed by atoms with E-state index in [2.05, 4.69) is 6.92 Å². The third-order valence-electron chi connectivity index (χ3n) is 4.61. The Morgan fingerprint density at radius 1 is 1.07 bits per heavy atom. The molecule has 1 atom stereocenters. The molecule has 3 rings (SSSR count). The zero-order chi connectivity index (χ0) is 21.5. The van der Waals surface area contributed by atoms with Gasteiger partial charge in [0, 0.05) is 0 Å². The fraction of sp³-hybridized carbons (Fsp3) is 0.304. The summed E-state index contributed by atoms with van der Waals surface area (Å²) in [6, 6.07) is 14.7. The van der Waals surface area contributed by atoms with Crippen molar-refractivity contribution in [2.75, 3.05) is 20.3 Å². The maximum atomic E-state index is 12.6. The third-order valence-corrected chi connectivity index (χ3v) is 5.51. The van der Waals surface area contributed by atoms with Gasteiger partial charge in [-0.05, 0) is 61.0 Å². The minimum absolute atomic E-state index is 0.144. The lowest BCUT2D eigenvalue weighted by atomic mass is 10.2. The van der Waals surface area contributed by atoms with Crippen LogP contribution < -0.4 is 14.2 Å². The number of amides is 2. The van der Waals surface area contributed by atoms with Gasteiger partial charge in [0.2, 0.25) is 0 Å². The van der Waals surface area contributed by atoms with E-state index in [0.717, 1.165) is 29.5 Å². The number of benzene rings is 2. The van der Waals surface area contributed by atoms with Crippen LogP contribution in [-0.2, 0) is 4.79 Å². The monoisotopic (exact) mass is 427 g/mol. The molecular formula is C23H25NO5S. The van der Waals surface area contributed by atoms with E-state index < -0.39 is 0 Å². The highest BCUT2D eigenvalue weighted by molar-refractivity contribution is 8.18. The highest BCUT2D eigenvalue weighted by atomic mass is 32.2. The molecule has 1 saturated heterocycles. The first kappa shape index (κ1) is 21.8. The zero-order valence-corrected chi connectivity index (χ0v) is 18.1. The molecule has 0 N–H and O–H groups in total. The Balaban J connectivity index is 1.60. The summed E-state index contributed by atoms with van der Waals surface area (Å²) in [5, 5.41) is -0.299. The predicted octanol–water partition coefficient (Wildman–Crippen LogP) is 4.99. The average molecular weight is 428 g/mol. The molecule has 0 aliphatic carbocycles. The van der Waals surface area contributed by atoms with Gasteiger partial charge in [-0.15, -0.1) is 0 Å². The van der Waals surface area contributed by atoms with Crippen LogP contribution in [0.5, 0.6) is 17.2 Å². The lowest BCUT2D eigenvalue weighted by molar-refractivity contribution is -0.123. The Morgan fingerprint density at radius 2 is 1.77 bits per heavy atom. The fourth-order valence-electron chi connectivity index (χ4n) is 2.79. The molecule has 1 heterocycles. The van der Waals surface area contributed by atoms with Gasteiger partial charge in [0.1, 0.15) is 12.4 Å². The molecule has 0 saturated carbocycles. The number of carbonyl (C=O) groups is 2. The van der Waals surface area contributed by atoms with Crippen LogP contribution >= 0.6 is 11.8 Å². The number of nitrogens with zero attached hydrogens (tertiary/aromatic N) is 1. The van der Waals surface area contributed by atoms with Crippen molar-refractivity contribution in [1.82, 2.24) is 4.90 Å². The summed E-state index contributed by atoms with van der Waals surface area (Å²) in [5.41, 5.74) is 0.835. The van der Waals surface area contributed by atoms with Gasteiger partial charge in [-0.3, -0.25) is 14.5 Å². The van der Waals surface area contributed by atoms with Crippen molar-refractivity contribution in [3.63, 3.8) is 0 Å². The fourth-order valence-corrected chi connectivity index (χ4v) is 3.65. The van der Waals surface area contributed by atoms with Crippen LogP contribution in [0.4, 0.5) is 4.79 Å². The Morgan fingerprint density at radius 3 is 2.43 bits per heavy atom. The van der Waals surface area contributed by atoms with Crippen LogP contribution in [0.3, 0.4) is 0 Å². The van der Waals surface area contributed by atoms with Gasteiger partial charge in [-0.2, -0.15) is 0 Å². The Hall–Kier alpha value is -2.93. The number of hydrogen-bond donors (Lipinski definition) is 0. The number of imide groups is 1. The van der Waals surface area contributed by atoms with Gasteiger partial charge in [0.05, 0.1) is 24.7 Å². The molecule has 158 valence electrons. The number of methoxy groups -OCH3 is 1. The van der Waals surface area contributed by atoms with Crippen molar-refractivity contribution in [3.8, 4) is 17.2 Å². The second kappa shape index (κ2) is 10.2. The highest BCUT2D eigenvalue weighted by Crippen LogP contribution is 2.32. The summed E-state index contributed by atoms with van der Waals surface area (Å²) in [6.45, 7) is 4.44. The smallest absolute Gasteiger partial charge is 0.293 e. The molecule has 2 aromatic carbocycles. The SMILES string of the molecule is CCC(C)Oc1ccc(/C=C2\SC(=O)N(CCOc3ccccc3OC)C2=O)cc1. The number of para-hydroxylation sites is 2. The molecule has 2 aromatic rings. The zero-order valence-electron chi connectivity index (χ0n) is 17.3. The van der Waals surface area contributed by atoms with Crippen LogP contribution in [0, 0.1) is 0 Å². The lowest BCUT2D eigenvalue weighted by Crippen LogP contribution is -2.32. The molecule has 6 nitrogen and oxygen atoms in total. The molecule has 0 aromatic heterocycles. The first-order valence-electron chi connectivity index (χ1n) is 9.79. The van der Waals surface area contributed by atoms with Crippen LogP contribution in [0.1, 0.15) is 25.8 Å². The summed E-state index contributed by atoms with van der Waals surface area (Å²) in [5.74, 6) is 1.64. The standard InChI is InChI=1S/C23H25NO5S/c1-4-16(2)29-18-11-9-17(10-12-18)15-21-22(25)24(23(26)30-21)13-14-28-20-8-6-5-7-19(20)27-3/h5-12,15-16H,4,13-14H2,1-3H3/b21-15-. The van der Waals surface area contributed by atoms with Crippen molar-refractivity contribution < 1.29 is 23.8 Å². The second-order valence-electron chi connectivity index (χ2n) is 6.74. The third kappa shape index (κ3) is 5.36. The number of carbonyl (C=O) groups excluding carboxylic acids is 2. The minimum atomic E-state index is -0.312. The first-order chi connectivity index (χ1) is 14.5. The number of hydrogen-bond acceptors (Lipinski definition) is 6. The van der Waals surface area contributed by atoms with E-state index in [9.17, 15) is 9.59 Å². The van der Waals surface area contributed by atoms with E-state index in [4.69, 9.17) is 14.2 Å². The lowest BCUT2D eigenvalue weighted by Gasteiger charge is -2.14. The van der Waals surface area contributed by atoms with Gasteiger partial charge >= 0.3 is 0 Å². The summed E-state index contributed by atoms with van der Waals surface area (Å²) in [7, 11) is 1.56. The molecule has 0 bridgehead atoms. The van der Waals surface area contributed by atoms with Crippen molar-refractivity contribution in [1.29, 1.82) is 0 Å². The average Bonchev–Trinajstić information content (AvgIpc) is 3.02. The first-order valence-corrected chi connectivity index (χ1v) is 10.6. The van der Waals surface area contributed by atoms with Gasteiger partial charge < -0.3 is 14.2 Å². The van der Waals surface area contributed by atoms with E-state index in [0.29, 0.717) is 16.4 Å². The van der Waals surface area contributed by atoms with E-state index in [1.165, 1.54) is 4.90 Å². The molecule has 0 radical (unpaired) electrons. The second-order valence-corrected chi connectivity index (χ2v) is 7.73. The maximum Gasteiger partial charge on any atom is 0.293 e. The Kier molecular flexibility index (Phi) is 7.41. The molecule has 1 aliphatic heterocycles. The van der Waals surface area contributed by atoms with E-state index in [-0.39, 0.29) is 30.4 Å². The molecule has 0 spiro atoms. The molecular weight excluding hydrogens is 402 g/mol. The Bertz CT molecular complexity index is 925. The van der Waals surface area contributed by atoms with Crippen LogP contribution in [0.25, 0.3) is 6.08 Å². The maximum absolute atomic E-state index is 12.6. The number of ether oxygens (including phenoxy) is 3. The highest BCUT2D eigenvalue weighted by Gasteiger charge is 2.34. The van der Waals surface area contributed by atoms with Gasteiger partial charge in [0.15, 0.2) is 11.5 Å². The van der Waals surface area contributed by atoms with Crippen molar-refractivity contribution in [3.05, 3.63) is 59.0 Å². The molecule has 7 heteroatoms. The van der Waals surface area contributed by atoms with E-state index in [1.807, 2.05) is 43.3 Å². The van der Waals surface area contributed by atoms with Crippen LogP contribution in [0.2, 0.25) is 0 Å². The van der Waals surface area contributed by atoms with Gasteiger partial charge in [-0.25, -0.2) is 0 Å².